The van der Waals surface area contributed by atoms with Crippen LogP contribution in [0.5, 0.6) is 5.75 Å². The van der Waals surface area contributed by atoms with Crippen molar-refractivity contribution in [3.8, 4) is 5.75 Å². The van der Waals surface area contributed by atoms with Gasteiger partial charge in [-0.25, -0.2) is 0 Å². The van der Waals surface area contributed by atoms with Gasteiger partial charge < -0.3 is 10.0 Å². The highest BCUT2D eigenvalue weighted by atomic mass is 16.3. The van der Waals surface area contributed by atoms with Gasteiger partial charge in [-0.15, -0.1) is 0 Å². The van der Waals surface area contributed by atoms with Crippen molar-refractivity contribution in [2.45, 2.75) is 75.9 Å². The molecule has 2 aromatic carbocycles. The topological polar surface area (TPSA) is 43.8 Å². The smallest absolute Gasteiger partial charge is 0.226 e. The van der Waals surface area contributed by atoms with Crippen LogP contribution in [0.3, 0.4) is 0 Å². The summed E-state index contributed by atoms with van der Waals surface area (Å²) in [6.07, 6.45) is 9.36. The number of carbonyl (C=O) groups is 1. The summed E-state index contributed by atoms with van der Waals surface area (Å²) in [5.74, 6) is 1.51. The van der Waals surface area contributed by atoms with E-state index in [0.717, 1.165) is 45.3 Å². The Morgan fingerprint density at radius 1 is 0.938 bits per heavy atom. The van der Waals surface area contributed by atoms with E-state index in [4.69, 9.17) is 0 Å². The van der Waals surface area contributed by atoms with Gasteiger partial charge in [-0.1, -0.05) is 55.3 Å². The Hall–Kier alpha value is -2.33. The van der Waals surface area contributed by atoms with Crippen LogP contribution in [0.4, 0.5) is 0 Å². The third-order valence-electron chi connectivity index (χ3n) is 8.09. The molecule has 0 radical (unpaired) electrons. The molecule has 0 aromatic heterocycles. The van der Waals surface area contributed by atoms with Crippen LogP contribution in [-0.4, -0.2) is 46.0 Å². The molecule has 2 unspecified atom stereocenters. The number of hydrogen-bond acceptors (Lipinski definition) is 3. The van der Waals surface area contributed by atoms with Crippen molar-refractivity contribution in [3.63, 3.8) is 0 Å². The number of amides is 1. The number of phenols is 1. The predicted octanol–water partition coefficient (Wildman–Crippen LogP) is 5.32. The number of rotatable bonds is 7. The maximum atomic E-state index is 13.4. The van der Waals surface area contributed by atoms with Crippen LogP contribution in [0, 0.1) is 5.92 Å². The van der Waals surface area contributed by atoms with E-state index in [0.29, 0.717) is 29.7 Å². The number of piperidine rings is 1. The lowest BCUT2D eigenvalue weighted by Gasteiger charge is -2.40. The molecule has 1 aliphatic carbocycles. The summed E-state index contributed by atoms with van der Waals surface area (Å²) in [6, 6.07) is 19.5. The third-order valence-corrected chi connectivity index (χ3v) is 8.09. The van der Waals surface area contributed by atoms with Crippen LogP contribution < -0.4 is 0 Å². The molecule has 2 heterocycles. The molecule has 1 amide bonds. The molecule has 4 nitrogen and oxygen atoms in total. The first kappa shape index (κ1) is 21.5. The molecule has 1 saturated carbocycles. The largest absolute Gasteiger partial charge is 0.508 e. The second kappa shape index (κ2) is 9.66. The highest BCUT2D eigenvalue weighted by Crippen LogP contribution is 2.43. The van der Waals surface area contributed by atoms with Gasteiger partial charge in [-0.3, -0.25) is 9.69 Å². The first-order valence-corrected chi connectivity index (χ1v) is 12.5. The molecule has 170 valence electrons. The first-order valence-electron chi connectivity index (χ1n) is 12.5. The molecule has 2 saturated heterocycles. The molecular formula is C28H36N2O2. The fourth-order valence-corrected chi connectivity index (χ4v) is 6.43. The number of aromatic hydroxyl groups is 1. The molecule has 3 aliphatic rings. The fourth-order valence-electron chi connectivity index (χ4n) is 6.43. The molecule has 0 spiro atoms. The number of benzene rings is 2. The van der Waals surface area contributed by atoms with Crippen molar-refractivity contribution in [1.82, 2.24) is 9.80 Å². The molecule has 3 fully saturated rings. The standard InChI is InChI=1S/C28H36N2O2/c31-27-12-6-11-23(19-27)24-17-25-13-14-26(18-24)30(25)16-15-29(20-21-7-2-1-3-8-21)28(32)22-9-4-5-10-22/h1-3,6-8,11-12,19,22,24-26,31H,4-5,9-10,13-18,20H2. The summed E-state index contributed by atoms with van der Waals surface area (Å²) < 4.78 is 0. The van der Waals surface area contributed by atoms with Crippen molar-refractivity contribution >= 4 is 5.91 Å². The maximum absolute atomic E-state index is 13.4. The van der Waals surface area contributed by atoms with Crippen molar-refractivity contribution < 1.29 is 9.90 Å². The summed E-state index contributed by atoms with van der Waals surface area (Å²) in [5, 5.41) is 9.90. The van der Waals surface area contributed by atoms with Crippen LogP contribution in [0.25, 0.3) is 0 Å². The molecule has 32 heavy (non-hydrogen) atoms. The van der Waals surface area contributed by atoms with E-state index in [1.807, 2.05) is 18.2 Å². The van der Waals surface area contributed by atoms with Gasteiger partial charge in [0.25, 0.3) is 0 Å². The van der Waals surface area contributed by atoms with Gasteiger partial charge in [0.15, 0.2) is 0 Å². The van der Waals surface area contributed by atoms with E-state index in [1.165, 1.54) is 36.8 Å². The number of carbonyl (C=O) groups excluding carboxylic acids is 1. The summed E-state index contributed by atoms with van der Waals surface area (Å²) >= 11 is 0. The van der Waals surface area contributed by atoms with Gasteiger partial charge in [0.05, 0.1) is 0 Å². The lowest BCUT2D eigenvalue weighted by Crippen LogP contribution is -2.47. The lowest BCUT2D eigenvalue weighted by atomic mass is 9.85. The second-order valence-electron chi connectivity index (χ2n) is 10.1. The molecule has 5 rings (SSSR count). The predicted molar refractivity (Wildman–Crippen MR) is 127 cm³/mol. The van der Waals surface area contributed by atoms with Gasteiger partial charge in [0.1, 0.15) is 5.75 Å². The highest BCUT2D eigenvalue weighted by molar-refractivity contribution is 5.79. The Morgan fingerprint density at radius 2 is 1.66 bits per heavy atom. The summed E-state index contributed by atoms with van der Waals surface area (Å²) in [5.41, 5.74) is 2.51. The minimum atomic E-state index is 0.229. The summed E-state index contributed by atoms with van der Waals surface area (Å²) in [4.78, 5) is 18.2. The Bertz CT molecular complexity index is 895. The molecule has 1 N–H and O–H groups in total. The monoisotopic (exact) mass is 432 g/mol. The van der Waals surface area contributed by atoms with Gasteiger partial charge in [-0.2, -0.15) is 0 Å². The summed E-state index contributed by atoms with van der Waals surface area (Å²) in [6.45, 7) is 2.53. The SMILES string of the molecule is O=C(C1CCCC1)N(CCN1C2CCC1CC(c1cccc(O)c1)C2)Cc1ccccc1. The van der Waals surface area contributed by atoms with Gasteiger partial charge in [0, 0.05) is 37.6 Å². The van der Waals surface area contributed by atoms with Crippen LogP contribution in [0.15, 0.2) is 54.6 Å². The second-order valence-corrected chi connectivity index (χ2v) is 10.1. The number of phenolic OH excluding ortho intramolecular Hbond substituents is 1. The Labute approximate surface area is 192 Å². The fraction of sp³-hybridized carbons (Fsp3) is 0.536. The first-order chi connectivity index (χ1) is 15.7. The Balaban J connectivity index is 1.24. The quantitative estimate of drug-likeness (QED) is 0.644. The van der Waals surface area contributed by atoms with Gasteiger partial charge in [0.2, 0.25) is 5.91 Å². The van der Waals surface area contributed by atoms with Crippen molar-refractivity contribution in [1.29, 1.82) is 0 Å². The number of fused-ring (bicyclic) bond motifs is 2. The van der Waals surface area contributed by atoms with E-state index in [9.17, 15) is 9.90 Å². The van der Waals surface area contributed by atoms with Crippen molar-refractivity contribution in [2.75, 3.05) is 13.1 Å². The highest BCUT2D eigenvalue weighted by Gasteiger charge is 2.41. The molecule has 2 atom stereocenters. The van der Waals surface area contributed by atoms with Crippen molar-refractivity contribution in [2.24, 2.45) is 5.92 Å². The van der Waals surface area contributed by atoms with Gasteiger partial charge in [-0.05, 0) is 67.7 Å². The minimum Gasteiger partial charge on any atom is -0.508 e. The van der Waals surface area contributed by atoms with E-state index in [2.05, 4.69) is 40.1 Å². The zero-order valence-electron chi connectivity index (χ0n) is 19.0. The zero-order valence-corrected chi connectivity index (χ0v) is 19.0. The summed E-state index contributed by atoms with van der Waals surface area (Å²) in [7, 11) is 0. The average molecular weight is 433 g/mol. The van der Waals surface area contributed by atoms with E-state index in [1.54, 1.807) is 6.07 Å². The lowest BCUT2D eigenvalue weighted by molar-refractivity contribution is -0.136. The Morgan fingerprint density at radius 3 is 2.34 bits per heavy atom. The Kier molecular flexibility index (Phi) is 6.49. The average Bonchev–Trinajstić information content (AvgIpc) is 3.43. The van der Waals surface area contributed by atoms with Crippen LogP contribution >= 0.6 is 0 Å². The third kappa shape index (κ3) is 4.71. The number of hydrogen-bond donors (Lipinski definition) is 1. The molecule has 2 aromatic rings. The number of nitrogens with zero attached hydrogens (tertiary/aromatic N) is 2. The molecule has 2 aliphatic heterocycles. The van der Waals surface area contributed by atoms with Crippen LogP contribution in [0.1, 0.15) is 68.4 Å². The van der Waals surface area contributed by atoms with Crippen molar-refractivity contribution in [3.05, 3.63) is 65.7 Å². The zero-order chi connectivity index (χ0) is 21.9. The normalized spacial score (nSPS) is 25.8. The van der Waals surface area contributed by atoms with E-state index >= 15 is 0 Å². The molecule has 4 heteroatoms. The van der Waals surface area contributed by atoms with Crippen LogP contribution in [-0.2, 0) is 11.3 Å². The van der Waals surface area contributed by atoms with Crippen LogP contribution in [0.2, 0.25) is 0 Å². The minimum absolute atomic E-state index is 0.229. The van der Waals surface area contributed by atoms with E-state index < -0.39 is 0 Å². The molecular weight excluding hydrogens is 396 g/mol. The molecule has 2 bridgehead atoms. The maximum Gasteiger partial charge on any atom is 0.226 e. The van der Waals surface area contributed by atoms with Gasteiger partial charge >= 0.3 is 0 Å². The van der Waals surface area contributed by atoms with E-state index in [-0.39, 0.29) is 5.92 Å².